The van der Waals surface area contributed by atoms with Crippen LogP contribution in [0.3, 0.4) is 0 Å². The first kappa shape index (κ1) is 15.8. The molecule has 1 atom stereocenters. The van der Waals surface area contributed by atoms with Crippen LogP contribution >= 0.6 is 46.1 Å². The minimum absolute atomic E-state index is 0.207. The highest BCUT2D eigenvalue weighted by molar-refractivity contribution is 7.16. The van der Waals surface area contributed by atoms with Gasteiger partial charge in [0.05, 0.1) is 10.9 Å². The van der Waals surface area contributed by atoms with Gasteiger partial charge in [0.25, 0.3) is 0 Å². The third kappa shape index (κ3) is 3.00. The highest BCUT2D eigenvalue weighted by Gasteiger charge is 2.35. The van der Waals surface area contributed by atoms with Gasteiger partial charge in [0, 0.05) is 20.5 Å². The molecule has 114 valence electrons. The van der Waals surface area contributed by atoms with Crippen LogP contribution in [0.4, 0.5) is 0 Å². The quantitative estimate of drug-likeness (QED) is 0.743. The van der Waals surface area contributed by atoms with E-state index < -0.39 is 5.60 Å². The van der Waals surface area contributed by atoms with Gasteiger partial charge in [-0.15, -0.1) is 21.5 Å². The Hall–Kier alpha value is -1.11. The minimum Gasteiger partial charge on any atom is -0.378 e. The van der Waals surface area contributed by atoms with Crippen LogP contribution in [0.25, 0.3) is 0 Å². The van der Waals surface area contributed by atoms with Crippen molar-refractivity contribution in [2.45, 2.75) is 12.1 Å². The second-order valence-electron chi connectivity index (χ2n) is 4.72. The van der Waals surface area contributed by atoms with Gasteiger partial charge >= 0.3 is 0 Å². The Kier molecular flexibility index (Phi) is 4.43. The van der Waals surface area contributed by atoms with Gasteiger partial charge in [0.2, 0.25) is 0 Å². The van der Waals surface area contributed by atoms with Gasteiger partial charge in [0.1, 0.15) is 18.3 Å². The molecule has 1 unspecified atom stereocenters. The second kappa shape index (κ2) is 6.18. The van der Waals surface area contributed by atoms with Crippen molar-refractivity contribution in [3.05, 3.63) is 67.8 Å². The molecule has 22 heavy (non-hydrogen) atoms. The summed E-state index contributed by atoms with van der Waals surface area (Å²) in [6, 6.07) is 8.52. The van der Waals surface area contributed by atoms with Crippen molar-refractivity contribution in [1.29, 1.82) is 0 Å². The van der Waals surface area contributed by atoms with Crippen LogP contribution in [0, 0.1) is 0 Å². The van der Waals surface area contributed by atoms with E-state index in [9.17, 15) is 5.11 Å². The van der Waals surface area contributed by atoms with Crippen molar-refractivity contribution in [3.8, 4) is 0 Å². The van der Waals surface area contributed by atoms with Crippen molar-refractivity contribution in [3.63, 3.8) is 0 Å². The average molecular weight is 375 g/mol. The summed E-state index contributed by atoms with van der Waals surface area (Å²) in [6.45, 7) is 0.207. The van der Waals surface area contributed by atoms with Crippen LogP contribution in [0.2, 0.25) is 14.4 Å². The first-order valence-electron chi connectivity index (χ1n) is 6.25. The Morgan fingerprint density at radius 2 is 1.82 bits per heavy atom. The van der Waals surface area contributed by atoms with Gasteiger partial charge in [-0.1, -0.05) is 40.9 Å². The lowest BCUT2D eigenvalue weighted by atomic mass is 9.91. The highest BCUT2D eigenvalue weighted by Crippen LogP contribution is 2.40. The molecule has 0 bridgehead atoms. The summed E-state index contributed by atoms with van der Waals surface area (Å²) < 4.78 is 2.26. The molecule has 0 aliphatic carbocycles. The van der Waals surface area contributed by atoms with E-state index in [4.69, 9.17) is 34.8 Å². The molecule has 0 amide bonds. The lowest BCUT2D eigenvalue weighted by Gasteiger charge is -2.29. The number of aliphatic hydroxyl groups is 1. The Labute approximate surface area is 145 Å². The predicted molar refractivity (Wildman–Crippen MR) is 88.8 cm³/mol. The minimum atomic E-state index is -1.36. The molecule has 0 spiro atoms. The monoisotopic (exact) mass is 373 g/mol. The third-order valence-electron chi connectivity index (χ3n) is 3.24. The van der Waals surface area contributed by atoms with E-state index in [0.717, 1.165) is 0 Å². The molecule has 4 nitrogen and oxygen atoms in total. The van der Waals surface area contributed by atoms with Crippen LogP contribution in [0.15, 0.2) is 43.0 Å². The maximum absolute atomic E-state index is 11.4. The molecule has 1 aromatic carbocycles. The molecule has 0 fully saturated rings. The van der Waals surface area contributed by atoms with Crippen molar-refractivity contribution in [2.24, 2.45) is 0 Å². The Balaban J connectivity index is 2.13. The third-order valence-corrected chi connectivity index (χ3v) is 5.17. The molecular formula is C14H10Cl3N3OS. The number of rotatable bonds is 4. The van der Waals surface area contributed by atoms with Crippen LogP contribution in [0.5, 0.6) is 0 Å². The largest absolute Gasteiger partial charge is 0.378 e. The van der Waals surface area contributed by atoms with E-state index in [2.05, 4.69) is 10.2 Å². The summed E-state index contributed by atoms with van der Waals surface area (Å²) in [7, 11) is 0. The van der Waals surface area contributed by atoms with Crippen molar-refractivity contribution in [2.75, 3.05) is 0 Å². The fourth-order valence-electron chi connectivity index (χ4n) is 2.23. The van der Waals surface area contributed by atoms with Crippen molar-refractivity contribution in [1.82, 2.24) is 14.8 Å². The Morgan fingerprint density at radius 1 is 1.09 bits per heavy atom. The molecule has 3 aromatic rings. The standard InChI is InChI=1S/C14H10Cl3N3OS/c15-9-1-2-10(11(16)5-9)14(21,6-20-7-18-19-8-20)12-3-4-13(17)22-12/h1-5,7-8,21H,6H2. The van der Waals surface area contributed by atoms with E-state index in [0.29, 0.717) is 24.8 Å². The summed E-state index contributed by atoms with van der Waals surface area (Å²) in [5.41, 5.74) is -0.812. The molecule has 0 aliphatic rings. The zero-order chi connectivity index (χ0) is 15.7. The lowest BCUT2D eigenvalue weighted by molar-refractivity contribution is 0.0649. The first-order valence-corrected chi connectivity index (χ1v) is 8.20. The maximum atomic E-state index is 11.4. The smallest absolute Gasteiger partial charge is 0.143 e. The molecule has 0 saturated carbocycles. The van der Waals surface area contributed by atoms with Gasteiger partial charge in [-0.05, 0) is 24.3 Å². The van der Waals surface area contributed by atoms with Crippen LogP contribution in [0.1, 0.15) is 10.4 Å². The van der Waals surface area contributed by atoms with Crippen molar-refractivity contribution < 1.29 is 5.11 Å². The molecule has 0 radical (unpaired) electrons. The number of halogens is 3. The average Bonchev–Trinajstić information content (AvgIpc) is 3.10. The summed E-state index contributed by atoms with van der Waals surface area (Å²) in [4.78, 5) is 0.676. The number of aromatic nitrogens is 3. The maximum Gasteiger partial charge on any atom is 0.143 e. The van der Waals surface area contributed by atoms with E-state index in [1.807, 2.05) is 0 Å². The summed E-state index contributed by atoms with van der Waals surface area (Å²) >= 11 is 19.6. The van der Waals surface area contributed by atoms with E-state index in [1.54, 1.807) is 34.9 Å². The van der Waals surface area contributed by atoms with Gasteiger partial charge in [-0.25, -0.2) is 0 Å². The fraction of sp³-hybridized carbons (Fsp3) is 0.143. The summed E-state index contributed by atoms with van der Waals surface area (Å²) in [5.74, 6) is 0. The SMILES string of the molecule is OC(Cn1cnnc1)(c1ccc(Cl)s1)c1ccc(Cl)cc1Cl. The molecule has 3 rings (SSSR count). The Morgan fingerprint density at radius 3 is 2.41 bits per heavy atom. The number of thiophene rings is 1. The number of benzene rings is 1. The zero-order valence-corrected chi connectivity index (χ0v) is 14.2. The van der Waals surface area contributed by atoms with E-state index >= 15 is 0 Å². The van der Waals surface area contributed by atoms with Gasteiger partial charge in [-0.3, -0.25) is 0 Å². The molecule has 2 aromatic heterocycles. The molecule has 1 N–H and O–H groups in total. The first-order chi connectivity index (χ1) is 10.5. The summed E-state index contributed by atoms with van der Waals surface area (Å²) in [6.07, 6.45) is 3.06. The number of hydrogen-bond donors (Lipinski definition) is 1. The number of nitrogens with zero attached hydrogens (tertiary/aromatic N) is 3. The molecule has 0 aliphatic heterocycles. The van der Waals surface area contributed by atoms with Crippen molar-refractivity contribution >= 4 is 46.1 Å². The normalized spacial score (nSPS) is 14.0. The lowest BCUT2D eigenvalue weighted by Crippen LogP contribution is -2.32. The fourth-order valence-corrected chi connectivity index (χ4v) is 3.93. The molecule has 8 heteroatoms. The van der Waals surface area contributed by atoms with Crippen LogP contribution in [-0.4, -0.2) is 19.9 Å². The highest BCUT2D eigenvalue weighted by atomic mass is 35.5. The van der Waals surface area contributed by atoms with Crippen LogP contribution < -0.4 is 0 Å². The second-order valence-corrected chi connectivity index (χ2v) is 7.28. The number of hydrogen-bond acceptors (Lipinski definition) is 4. The molecule has 0 saturated heterocycles. The topological polar surface area (TPSA) is 50.9 Å². The van der Waals surface area contributed by atoms with Crippen LogP contribution in [-0.2, 0) is 12.1 Å². The zero-order valence-electron chi connectivity index (χ0n) is 11.1. The van der Waals surface area contributed by atoms with Gasteiger partial charge < -0.3 is 9.67 Å². The Bertz CT molecular complexity index is 790. The summed E-state index contributed by atoms with van der Waals surface area (Å²) in [5, 5.41) is 19.8. The van der Waals surface area contributed by atoms with E-state index in [1.165, 1.54) is 24.0 Å². The van der Waals surface area contributed by atoms with Gasteiger partial charge in [0.15, 0.2) is 0 Å². The predicted octanol–water partition coefficient (Wildman–Crippen LogP) is 4.24. The molecular weight excluding hydrogens is 365 g/mol. The van der Waals surface area contributed by atoms with Gasteiger partial charge in [-0.2, -0.15) is 0 Å². The van der Waals surface area contributed by atoms with E-state index in [-0.39, 0.29) is 6.54 Å². The molecule has 2 heterocycles.